The number of nitrogens with zero attached hydrogens (tertiary/aromatic N) is 1. The summed E-state index contributed by atoms with van der Waals surface area (Å²) >= 11 is 0. The lowest BCUT2D eigenvalue weighted by atomic mass is 10.2. The fourth-order valence-corrected chi connectivity index (χ4v) is 0.830. The molecule has 13 heavy (non-hydrogen) atoms. The number of esters is 1. The van der Waals surface area contributed by atoms with Gasteiger partial charge in [0.2, 0.25) is 0 Å². The number of rotatable bonds is 2. The van der Waals surface area contributed by atoms with Crippen LogP contribution in [-0.4, -0.2) is 13.1 Å². The van der Waals surface area contributed by atoms with Gasteiger partial charge in [0.1, 0.15) is 5.75 Å². The van der Waals surface area contributed by atoms with E-state index in [1.165, 1.54) is 37.6 Å². The van der Waals surface area contributed by atoms with Crippen LogP contribution in [0.15, 0.2) is 24.3 Å². The second-order valence-electron chi connectivity index (χ2n) is 2.21. The summed E-state index contributed by atoms with van der Waals surface area (Å²) in [6, 6.07) is 6.10. The Bertz CT molecular complexity index is 337. The van der Waals surface area contributed by atoms with Crippen LogP contribution >= 0.6 is 0 Å². The number of nitriles is 1. The van der Waals surface area contributed by atoms with Crippen LogP contribution in [0.5, 0.6) is 5.75 Å². The Kier molecular flexibility index (Phi) is 2.87. The second-order valence-corrected chi connectivity index (χ2v) is 2.21. The number of carbonyl (C=O) groups is 1. The molecule has 1 rings (SSSR count). The standard InChI is InChI=1S/C9H7NO3/c1-12-9(11)7-2-4-8(5-3-7)13-6-10/h2-5H,1H3. The molecule has 4 nitrogen and oxygen atoms in total. The van der Waals surface area contributed by atoms with E-state index in [2.05, 4.69) is 9.47 Å². The van der Waals surface area contributed by atoms with Crippen molar-refractivity contribution in [3.63, 3.8) is 0 Å². The van der Waals surface area contributed by atoms with E-state index in [-0.39, 0.29) is 0 Å². The Morgan fingerprint density at radius 3 is 2.46 bits per heavy atom. The molecule has 0 aliphatic carbocycles. The SMILES string of the molecule is COC(=O)c1ccc(OC#N)cc1. The molecule has 66 valence electrons. The summed E-state index contributed by atoms with van der Waals surface area (Å²) in [6.45, 7) is 0. The number of methoxy groups -OCH3 is 1. The van der Waals surface area contributed by atoms with Gasteiger partial charge < -0.3 is 9.47 Å². The molecule has 0 radical (unpaired) electrons. The molecule has 0 atom stereocenters. The Hall–Kier alpha value is -2.02. The monoisotopic (exact) mass is 177 g/mol. The minimum absolute atomic E-state index is 0.398. The molecule has 4 heteroatoms. The maximum absolute atomic E-state index is 11.0. The highest BCUT2D eigenvalue weighted by Gasteiger charge is 2.03. The van der Waals surface area contributed by atoms with Crippen LogP contribution in [0.4, 0.5) is 0 Å². The highest BCUT2D eigenvalue weighted by atomic mass is 16.5. The molecular formula is C9H7NO3. The van der Waals surface area contributed by atoms with E-state index in [4.69, 9.17) is 5.26 Å². The highest BCUT2D eigenvalue weighted by molar-refractivity contribution is 5.89. The number of hydrogen-bond acceptors (Lipinski definition) is 4. The highest BCUT2D eigenvalue weighted by Crippen LogP contribution is 2.11. The molecule has 0 heterocycles. The normalized spacial score (nSPS) is 8.62. The van der Waals surface area contributed by atoms with Crippen LogP contribution in [0.3, 0.4) is 0 Å². The number of ether oxygens (including phenoxy) is 2. The van der Waals surface area contributed by atoms with E-state index in [0.29, 0.717) is 11.3 Å². The molecule has 0 unspecified atom stereocenters. The summed E-state index contributed by atoms with van der Waals surface area (Å²) in [5, 5.41) is 8.18. The second kappa shape index (κ2) is 4.12. The third-order valence-corrected chi connectivity index (χ3v) is 1.44. The molecule has 0 bridgehead atoms. The van der Waals surface area contributed by atoms with Gasteiger partial charge in [-0.05, 0) is 24.3 Å². The molecule has 0 fully saturated rings. The van der Waals surface area contributed by atoms with E-state index >= 15 is 0 Å². The lowest BCUT2D eigenvalue weighted by molar-refractivity contribution is 0.0600. The topological polar surface area (TPSA) is 59.3 Å². The van der Waals surface area contributed by atoms with Gasteiger partial charge in [-0.3, -0.25) is 0 Å². The lowest BCUT2D eigenvalue weighted by Gasteiger charge is -1.99. The first kappa shape index (κ1) is 9.07. The summed E-state index contributed by atoms with van der Waals surface area (Å²) in [5.74, 6) is -0.0151. The molecule has 0 saturated carbocycles. The van der Waals surface area contributed by atoms with Gasteiger partial charge in [-0.1, -0.05) is 0 Å². The van der Waals surface area contributed by atoms with Gasteiger partial charge in [-0.15, -0.1) is 5.26 Å². The maximum Gasteiger partial charge on any atom is 0.337 e. The van der Waals surface area contributed by atoms with Crippen molar-refractivity contribution in [3.8, 4) is 12.0 Å². The van der Waals surface area contributed by atoms with Crippen molar-refractivity contribution in [3.05, 3.63) is 29.8 Å². The lowest BCUT2D eigenvalue weighted by Crippen LogP contribution is -2.00. The first-order valence-corrected chi connectivity index (χ1v) is 3.52. The Labute approximate surface area is 75.3 Å². The minimum atomic E-state index is -0.413. The fraction of sp³-hybridized carbons (Fsp3) is 0.111. The molecule has 0 aromatic heterocycles. The van der Waals surface area contributed by atoms with Crippen molar-refractivity contribution in [1.29, 1.82) is 5.26 Å². The van der Waals surface area contributed by atoms with Gasteiger partial charge in [-0.25, -0.2) is 4.79 Å². The summed E-state index contributed by atoms with van der Waals surface area (Å²) < 4.78 is 9.02. The molecule has 1 aromatic rings. The first-order chi connectivity index (χ1) is 6.27. The van der Waals surface area contributed by atoms with Gasteiger partial charge >= 0.3 is 5.97 Å². The third-order valence-electron chi connectivity index (χ3n) is 1.44. The Morgan fingerprint density at radius 1 is 1.38 bits per heavy atom. The van der Waals surface area contributed by atoms with E-state index in [0.717, 1.165) is 0 Å². The average Bonchev–Trinajstić information content (AvgIpc) is 2.18. The van der Waals surface area contributed by atoms with Crippen molar-refractivity contribution in [2.24, 2.45) is 0 Å². The minimum Gasteiger partial charge on any atom is -0.465 e. The van der Waals surface area contributed by atoms with Crippen LogP contribution in [0.1, 0.15) is 10.4 Å². The molecule has 0 aliphatic heterocycles. The molecule has 0 N–H and O–H groups in total. The zero-order chi connectivity index (χ0) is 9.68. The van der Waals surface area contributed by atoms with E-state index < -0.39 is 5.97 Å². The van der Waals surface area contributed by atoms with Crippen molar-refractivity contribution >= 4 is 5.97 Å². The quantitative estimate of drug-likeness (QED) is 0.505. The Balaban J connectivity index is 2.82. The van der Waals surface area contributed by atoms with Crippen LogP contribution < -0.4 is 4.74 Å². The number of hydrogen-bond donors (Lipinski definition) is 0. The van der Waals surface area contributed by atoms with Crippen molar-refractivity contribution in [2.45, 2.75) is 0 Å². The van der Waals surface area contributed by atoms with Gasteiger partial charge in [0.05, 0.1) is 12.7 Å². The number of carbonyl (C=O) groups excluding carboxylic acids is 1. The Morgan fingerprint density at radius 2 is 2.00 bits per heavy atom. The number of benzene rings is 1. The fourth-order valence-electron chi connectivity index (χ4n) is 0.830. The summed E-state index contributed by atoms with van der Waals surface area (Å²) in [4.78, 5) is 11.0. The predicted molar refractivity (Wildman–Crippen MR) is 44.0 cm³/mol. The third kappa shape index (κ3) is 2.20. The molecule has 1 aromatic carbocycles. The summed E-state index contributed by atoms with van der Waals surface area (Å²) in [5.41, 5.74) is 0.424. The summed E-state index contributed by atoms with van der Waals surface area (Å²) in [7, 11) is 1.31. The summed E-state index contributed by atoms with van der Waals surface area (Å²) in [6.07, 6.45) is 1.53. The zero-order valence-electron chi connectivity index (χ0n) is 6.98. The van der Waals surface area contributed by atoms with Gasteiger partial charge in [0.25, 0.3) is 6.26 Å². The van der Waals surface area contributed by atoms with Crippen LogP contribution in [0.25, 0.3) is 0 Å². The van der Waals surface area contributed by atoms with E-state index in [9.17, 15) is 4.79 Å². The average molecular weight is 177 g/mol. The van der Waals surface area contributed by atoms with Gasteiger partial charge in [0.15, 0.2) is 0 Å². The van der Waals surface area contributed by atoms with Crippen LogP contribution in [0, 0.1) is 11.5 Å². The van der Waals surface area contributed by atoms with E-state index in [1.807, 2.05) is 0 Å². The van der Waals surface area contributed by atoms with Gasteiger partial charge in [0, 0.05) is 0 Å². The largest absolute Gasteiger partial charge is 0.465 e. The van der Waals surface area contributed by atoms with E-state index in [1.54, 1.807) is 0 Å². The molecule has 0 saturated heterocycles. The first-order valence-electron chi connectivity index (χ1n) is 3.52. The van der Waals surface area contributed by atoms with Crippen LogP contribution in [-0.2, 0) is 4.74 Å². The molecular weight excluding hydrogens is 170 g/mol. The molecule has 0 spiro atoms. The van der Waals surface area contributed by atoms with Crippen molar-refractivity contribution < 1.29 is 14.3 Å². The molecule has 0 aliphatic rings. The molecule has 0 amide bonds. The predicted octanol–water partition coefficient (Wildman–Crippen LogP) is 1.33. The van der Waals surface area contributed by atoms with Crippen molar-refractivity contribution in [2.75, 3.05) is 7.11 Å². The maximum atomic E-state index is 11.0. The van der Waals surface area contributed by atoms with Gasteiger partial charge in [-0.2, -0.15) is 0 Å². The smallest absolute Gasteiger partial charge is 0.337 e. The zero-order valence-corrected chi connectivity index (χ0v) is 6.98. The van der Waals surface area contributed by atoms with Crippen molar-refractivity contribution in [1.82, 2.24) is 0 Å². The van der Waals surface area contributed by atoms with Crippen LogP contribution in [0.2, 0.25) is 0 Å².